The molecule has 2 fully saturated rings. The Hall–Kier alpha value is -1.69. The lowest BCUT2D eigenvalue weighted by Crippen LogP contribution is -2.44. The smallest absolute Gasteiger partial charge is 0.387 e. The molecule has 0 radical (unpaired) electrons. The first-order valence-corrected chi connectivity index (χ1v) is 7.64. The number of likely N-dealkylation sites (tertiary alicyclic amines) is 1. The SMILES string of the molecule is O=C(c1ccccc1OC(F)F)N1CCC2(CCNC2)CC1. The van der Waals surface area contributed by atoms with Gasteiger partial charge < -0.3 is 15.0 Å². The molecule has 0 saturated carbocycles. The minimum absolute atomic E-state index is 0.0506. The molecule has 1 amide bonds. The predicted octanol–water partition coefficient (Wildman–Crippen LogP) is 2.50. The summed E-state index contributed by atoms with van der Waals surface area (Å²) in [6.07, 6.45) is 3.08. The molecule has 120 valence electrons. The summed E-state index contributed by atoms with van der Waals surface area (Å²) in [7, 11) is 0. The zero-order valence-electron chi connectivity index (χ0n) is 12.4. The van der Waals surface area contributed by atoms with E-state index in [1.807, 2.05) is 0 Å². The monoisotopic (exact) mass is 310 g/mol. The van der Waals surface area contributed by atoms with Gasteiger partial charge in [-0.3, -0.25) is 4.79 Å². The third-order valence-electron chi connectivity index (χ3n) is 4.78. The van der Waals surface area contributed by atoms with Crippen LogP contribution in [-0.2, 0) is 0 Å². The summed E-state index contributed by atoms with van der Waals surface area (Å²) in [6, 6.07) is 6.20. The second-order valence-electron chi connectivity index (χ2n) is 6.09. The number of hydrogen-bond acceptors (Lipinski definition) is 3. The number of benzene rings is 1. The van der Waals surface area contributed by atoms with Crippen LogP contribution in [0.5, 0.6) is 5.75 Å². The fraction of sp³-hybridized carbons (Fsp3) is 0.562. The number of ether oxygens (including phenoxy) is 1. The van der Waals surface area contributed by atoms with Gasteiger partial charge in [-0.05, 0) is 43.4 Å². The fourth-order valence-corrected chi connectivity index (χ4v) is 3.42. The Bertz CT molecular complexity index is 535. The van der Waals surface area contributed by atoms with Crippen molar-refractivity contribution in [3.8, 4) is 5.75 Å². The molecular formula is C16H20F2N2O2. The van der Waals surface area contributed by atoms with Crippen LogP contribution in [0.25, 0.3) is 0 Å². The van der Waals surface area contributed by atoms with Crippen molar-refractivity contribution in [2.75, 3.05) is 26.2 Å². The van der Waals surface area contributed by atoms with Gasteiger partial charge in [0.05, 0.1) is 5.56 Å². The van der Waals surface area contributed by atoms with Crippen molar-refractivity contribution in [2.24, 2.45) is 5.41 Å². The summed E-state index contributed by atoms with van der Waals surface area (Å²) in [6.45, 7) is 0.467. The van der Waals surface area contributed by atoms with Gasteiger partial charge in [0.1, 0.15) is 5.75 Å². The number of nitrogens with one attached hydrogen (secondary N) is 1. The highest BCUT2D eigenvalue weighted by molar-refractivity contribution is 5.97. The van der Waals surface area contributed by atoms with E-state index >= 15 is 0 Å². The van der Waals surface area contributed by atoms with Crippen LogP contribution in [0.4, 0.5) is 8.78 Å². The quantitative estimate of drug-likeness (QED) is 0.933. The lowest BCUT2D eigenvalue weighted by Gasteiger charge is -2.39. The van der Waals surface area contributed by atoms with Crippen molar-refractivity contribution in [3.05, 3.63) is 29.8 Å². The first kappa shape index (κ1) is 15.2. The average molecular weight is 310 g/mol. The number of halogens is 2. The third-order valence-corrected chi connectivity index (χ3v) is 4.78. The maximum Gasteiger partial charge on any atom is 0.387 e. The van der Waals surface area contributed by atoms with Gasteiger partial charge in [-0.25, -0.2) is 0 Å². The molecular weight excluding hydrogens is 290 g/mol. The maximum absolute atomic E-state index is 12.6. The van der Waals surface area contributed by atoms with Crippen LogP contribution in [0, 0.1) is 5.41 Å². The topological polar surface area (TPSA) is 41.6 Å². The van der Waals surface area contributed by atoms with Crippen molar-refractivity contribution < 1.29 is 18.3 Å². The molecule has 1 aromatic carbocycles. The van der Waals surface area contributed by atoms with E-state index in [1.54, 1.807) is 23.1 Å². The molecule has 0 aliphatic carbocycles. The first-order chi connectivity index (χ1) is 10.6. The summed E-state index contributed by atoms with van der Waals surface area (Å²) in [4.78, 5) is 14.3. The Kier molecular flexibility index (Phi) is 4.29. The first-order valence-electron chi connectivity index (χ1n) is 7.64. The Balaban J connectivity index is 1.70. The van der Waals surface area contributed by atoms with Gasteiger partial charge in [-0.15, -0.1) is 0 Å². The number of carbonyl (C=O) groups is 1. The normalized spacial score (nSPS) is 20.6. The van der Waals surface area contributed by atoms with Crippen LogP contribution in [0.15, 0.2) is 24.3 Å². The zero-order valence-corrected chi connectivity index (χ0v) is 12.4. The van der Waals surface area contributed by atoms with Gasteiger partial charge in [0, 0.05) is 19.6 Å². The molecule has 0 unspecified atom stereocenters. The van der Waals surface area contributed by atoms with Crippen molar-refractivity contribution in [1.82, 2.24) is 10.2 Å². The van der Waals surface area contributed by atoms with Gasteiger partial charge in [-0.2, -0.15) is 8.78 Å². The van der Waals surface area contributed by atoms with E-state index in [-0.39, 0.29) is 17.2 Å². The van der Waals surface area contributed by atoms with E-state index in [0.29, 0.717) is 18.5 Å². The van der Waals surface area contributed by atoms with Gasteiger partial charge in [0.25, 0.3) is 5.91 Å². The molecule has 1 N–H and O–H groups in total. The molecule has 1 aromatic rings. The Morgan fingerprint density at radius 2 is 1.95 bits per heavy atom. The highest BCUT2D eigenvalue weighted by Gasteiger charge is 2.38. The van der Waals surface area contributed by atoms with Gasteiger partial charge >= 0.3 is 6.61 Å². The number of nitrogens with zero attached hydrogens (tertiary/aromatic N) is 1. The molecule has 22 heavy (non-hydrogen) atoms. The van der Waals surface area contributed by atoms with Crippen molar-refractivity contribution in [2.45, 2.75) is 25.9 Å². The summed E-state index contributed by atoms with van der Waals surface area (Å²) in [5.74, 6) is -0.276. The summed E-state index contributed by atoms with van der Waals surface area (Å²) in [5.41, 5.74) is 0.527. The van der Waals surface area contributed by atoms with Crippen LogP contribution in [0.1, 0.15) is 29.6 Å². The minimum Gasteiger partial charge on any atom is -0.434 e. The number of amides is 1. The fourth-order valence-electron chi connectivity index (χ4n) is 3.42. The van der Waals surface area contributed by atoms with E-state index in [2.05, 4.69) is 10.1 Å². The number of rotatable bonds is 3. The molecule has 1 spiro atoms. The molecule has 6 heteroatoms. The van der Waals surface area contributed by atoms with E-state index in [9.17, 15) is 13.6 Å². The van der Waals surface area contributed by atoms with Gasteiger partial charge in [-0.1, -0.05) is 12.1 Å². The van der Waals surface area contributed by atoms with Gasteiger partial charge in [0.2, 0.25) is 0 Å². The van der Waals surface area contributed by atoms with Crippen molar-refractivity contribution in [1.29, 1.82) is 0 Å². The molecule has 2 aliphatic rings. The molecule has 2 heterocycles. The van der Waals surface area contributed by atoms with E-state index in [0.717, 1.165) is 32.4 Å². The summed E-state index contributed by atoms with van der Waals surface area (Å²) < 4.78 is 29.4. The Labute approximate surface area is 128 Å². The molecule has 0 bridgehead atoms. The highest BCUT2D eigenvalue weighted by Crippen LogP contribution is 2.37. The highest BCUT2D eigenvalue weighted by atomic mass is 19.3. The van der Waals surface area contributed by atoms with Crippen LogP contribution in [-0.4, -0.2) is 43.6 Å². The number of para-hydroxylation sites is 1. The van der Waals surface area contributed by atoms with E-state index < -0.39 is 6.61 Å². The molecule has 2 aliphatic heterocycles. The minimum atomic E-state index is -2.93. The van der Waals surface area contributed by atoms with E-state index in [4.69, 9.17) is 0 Å². The number of carbonyl (C=O) groups excluding carboxylic acids is 1. The maximum atomic E-state index is 12.6. The standard InChI is InChI=1S/C16H20F2N2O2/c17-15(18)22-13-4-2-1-3-12(13)14(21)20-9-6-16(7-10-20)5-8-19-11-16/h1-4,15,19H,5-11H2. The van der Waals surface area contributed by atoms with Gasteiger partial charge in [0.15, 0.2) is 0 Å². The largest absolute Gasteiger partial charge is 0.434 e. The van der Waals surface area contributed by atoms with E-state index in [1.165, 1.54) is 6.07 Å². The Morgan fingerprint density at radius 3 is 2.59 bits per heavy atom. The molecule has 0 aromatic heterocycles. The van der Waals surface area contributed by atoms with Crippen LogP contribution < -0.4 is 10.1 Å². The number of piperidine rings is 1. The van der Waals surface area contributed by atoms with Crippen LogP contribution in [0.2, 0.25) is 0 Å². The predicted molar refractivity (Wildman–Crippen MR) is 78.1 cm³/mol. The second kappa shape index (κ2) is 6.20. The molecule has 2 saturated heterocycles. The number of hydrogen-bond donors (Lipinski definition) is 1. The summed E-state index contributed by atoms with van der Waals surface area (Å²) in [5, 5.41) is 3.38. The lowest BCUT2D eigenvalue weighted by molar-refractivity contribution is -0.0503. The van der Waals surface area contributed by atoms with Crippen molar-refractivity contribution >= 4 is 5.91 Å². The van der Waals surface area contributed by atoms with Crippen molar-refractivity contribution in [3.63, 3.8) is 0 Å². The molecule has 3 rings (SSSR count). The zero-order chi connectivity index (χ0) is 15.6. The Morgan fingerprint density at radius 1 is 1.23 bits per heavy atom. The molecule has 0 atom stereocenters. The summed E-state index contributed by atoms with van der Waals surface area (Å²) >= 11 is 0. The third kappa shape index (κ3) is 3.06. The lowest BCUT2D eigenvalue weighted by atomic mass is 9.78. The van der Waals surface area contributed by atoms with Crippen LogP contribution >= 0.6 is 0 Å². The molecule has 4 nitrogen and oxygen atoms in total. The van der Waals surface area contributed by atoms with Crippen LogP contribution in [0.3, 0.4) is 0 Å². The second-order valence-corrected chi connectivity index (χ2v) is 6.09. The average Bonchev–Trinajstić information content (AvgIpc) is 2.96. The number of alkyl halides is 2.